The van der Waals surface area contributed by atoms with Crippen LogP contribution in [-0.4, -0.2) is 4.98 Å². The second kappa shape index (κ2) is 3.58. The minimum absolute atomic E-state index is 0.830. The van der Waals surface area contributed by atoms with Gasteiger partial charge in [-0.05, 0) is 37.1 Å². The minimum Gasteiger partial charge on any atom is -0.399 e. The van der Waals surface area contributed by atoms with Gasteiger partial charge in [-0.3, -0.25) is 0 Å². The molecule has 0 aliphatic carbocycles. The van der Waals surface area contributed by atoms with Crippen LogP contribution in [0.3, 0.4) is 0 Å². The van der Waals surface area contributed by atoms with Crippen LogP contribution in [0.1, 0.15) is 12.5 Å². The van der Waals surface area contributed by atoms with E-state index in [-0.39, 0.29) is 0 Å². The number of allylic oxidation sites excluding steroid dienone is 2. The molecule has 2 aromatic rings. The van der Waals surface area contributed by atoms with Crippen LogP contribution in [0.2, 0.25) is 0 Å². The fourth-order valence-electron chi connectivity index (χ4n) is 1.68. The first kappa shape index (κ1) is 8.88. The van der Waals surface area contributed by atoms with Crippen LogP contribution in [0.25, 0.3) is 10.9 Å². The highest BCUT2D eigenvalue weighted by Crippen LogP contribution is 2.21. The molecule has 1 heterocycles. The Bertz CT molecular complexity index is 466. The largest absolute Gasteiger partial charge is 0.399 e. The fourth-order valence-corrected chi connectivity index (χ4v) is 1.68. The lowest BCUT2D eigenvalue weighted by atomic mass is 10.1. The van der Waals surface area contributed by atoms with Crippen LogP contribution in [0.5, 0.6) is 0 Å². The van der Waals surface area contributed by atoms with Crippen molar-refractivity contribution in [1.82, 2.24) is 4.98 Å². The van der Waals surface area contributed by atoms with Gasteiger partial charge in [0.2, 0.25) is 0 Å². The summed E-state index contributed by atoms with van der Waals surface area (Å²) < 4.78 is 0. The third-order valence-electron chi connectivity index (χ3n) is 2.34. The SMILES string of the molecule is C/C=C/Cc1cc(N)cc2cc[nH]c12. The number of rotatable bonds is 2. The number of fused-ring (bicyclic) bond motifs is 1. The highest BCUT2D eigenvalue weighted by atomic mass is 14.7. The van der Waals surface area contributed by atoms with E-state index < -0.39 is 0 Å². The Morgan fingerprint density at radius 3 is 3.07 bits per heavy atom. The molecule has 0 spiro atoms. The normalized spacial score (nSPS) is 11.5. The van der Waals surface area contributed by atoms with E-state index in [0.29, 0.717) is 0 Å². The van der Waals surface area contributed by atoms with Gasteiger partial charge in [0.25, 0.3) is 0 Å². The number of aromatic amines is 1. The van der Waals surface area contributed by atoms with E-state index in [1.165, 1.54) is 16.5 Å². The maximum atomic E-state index is 5.82. The predicted octanol–water partition coefficient (Wildman–Crippen LogP) is 2.87. The molecule has 0 atom stereocenters. The molecule has 2 heteroatoms. The van der Waals surface area contributed by atoms with Gasteiger partial charge < -0.3 is 10.7 Å². The van der Waals surface area contributed by atoms with E-state index in [0.717, 1.165) is 12.1 Å². The molecule has 0 unspecified atom stereocenters. The standard InChI is InChI=1S/C12H14N2/c1-2-3-4-9-7-11(13)8-10-5-6-14-12(9)10/h2-3,5-8,14H,4,13H2,1H3/b3-2+. The zero-order valence-electron chi connectivity index (χ0n) is 8.25. The lowest BCUT2D eigenvalue weighted by molar-refractivity contribution is 1.27. The van der Waals surface area contributed by atoms with Gasteiger partial charge in [0, 0.05) is 22.8 Å². The summed E-state index contributed by atoms with van der Waals surface area (Å²) in [6, 6.07) is 6.06. The topological polar surface area (TPSA) is 41.8 Å². The van der Waals surface area contributed by atoms with Crippen molar-refractivity contribution in [2.24, 2.45) is 0 Å². The second-order valence-corrected chi connectivity index (χ2v) is 3.40. The van der Waals surface area contributed by atoms with Crippen LogP contribution in [0.4, 0.5) is 5.69 Å². The molecule has 14 heavy (non-hydrogen) atoms. The van der Waals surface area contributed by atoms with Crippen molar-refractivity contribution in [2.45, 2.75) is 13.3 Å². The summed E-state index contributed by atoms with van der Waals surface area (Å²) in [5.41, 5.74) is 9.09. The van der Waals surface area contributed by atoms with Crippen LogP contribution >= 0.6 is 0 Å². The first-order valence-corrected chi connectivity index (χ1v) is 4.78. The minimum atomic E-state index is 0.830. The van der Waals surface area contributed by atoms with Crippen molar-refractivity contribution in [1.29, 1.82) is 0 Å². The summed E-state index contributed by atoms with van der Waals surface area (Å²) in [6.45, 7) is 2.03. The molecule has 0 bridgehead atoms. The number of nitrogens with two attached hydrogens (primary N) is 1. The Kier molecular flexibility index (Phi) is 2.27. The maximum Gasteiger partial charge on any atom is 0.0491 e. The number of nitrogens with one attached hydrogen (secondary N) is 1. The molecule has 0 aliphatic rings. The third kappa shape index (κ3) is 1.51. The molecule has 0 saturated carbocycles. The Morgan fingerprint density at radius 2 is 2.29 bits per heavy atom. The number of anilines is 1. The summed E-state index contributed by atoms with van der Waals surface area (Å²) >= 11 is 0. The van der Waals surface area contributed by atoms with Gasteiger partial charge in [-0.25, -0.2) is 0 Å². The zero-order chi connectivity index (χ0) is 9.97. The third-order valence-corrected chi connectivity index (χ3v) is 2.34. The number of H-pyrrole nitrogens is 1. The molecule has 0 amide bonds. The predicted molar refractivity (Wildman–Crippen MR) is 61.2 cm³/mol. The Hall–Kier alpha value is -1.70. The maximum absolute atomic E-state index is 5.82. The van der Waals surface area contributed by atoms with Crippen molar-refractivity contribution < 1.29 is 0 Å². The highest BCUT2D eigenvalue weighted by molar-refractivity contribution is 5.86. The summed E-state index contributed by atoms with van der Waals surface area (Å²) in [5, 5.41) is 1.18. The van der Waals surface area contributed by atoms with Crippen LogP contribution in [-0.2, 0) is 6.42 Å². The van der Waals surface area contributed by atoms with Gasteiger partial charge in [0.1, 0.15) is 0 Å². The molecular formula is C12H14N2. The smallest absolute Gasteiger partial charge is 0.0491 e. The van der Waals surface area contributed by atoms with E-state index in [2.05, 4.69) is 17.1 Å². The quantitative estimate of drug-likeness (QED) is 0.549. The number of hydrogen-bond acceptors (Lipinski definition) is 1. The van der Waals surface area contributed by atoms with Gasteiger partial charge in [0.15, 0.2) is 0 Å². The summed E-state index contributed by atoms with van der Waals surface area (Å²) in [4.78, 5) is 3.23. The average molecular weight is 186 g/mol. The molecule has 0 radical (unpaired) electrons. The molecule has 2 rings (SSSR count). The lowest BCUT2D eigenvalue weighted by Crippen LogP contribution is -1.89. The summed E-state index contributed by atoms with van der Waals surface area (Å²) in [5.74, 6) is 0. The number of benzene rings is 1. The molecule has 1 aromatic heterocycles. The first-order chi connectivity index (χ1) is 6.81. The average Bonchev–Trinajstić information content (AvgIpc) is 2.61. The zero-order valence-corrected chi connectivity index (χ0v) is 8.25. The number of aromatic nitrogens is 1. The first-order valence-electron chi connectivity index (χ1n) is 4.78. The summed E-state index contributed by atoms with van der Waals surface area (Å²) in [6.07, 6.45) is 7.06. The fraction of sp³-hybridized carbons (Fsp3) is 0.167. The lowest BCUT2D eigenvalue weighted by Gasteiger charge is -2.02. The van der Waals surface area contributed by atoms with Crippen molar-refractivity contribution >= 4 is 16.6 Å². The van der Waals surface area contributed by atoms with Crippen molar-refractivity contribution in [2.75, 3.05) is 5.73 Å². The van der Waals surface area contributed by atoms with E-state index in [1.807, 2.05) is 31.3 Å². The Balaban J connectivity index is 2.55. The van der Waals surface area contributed by atoms with E-state index in [9.17, 15) is 0 Å². The summed E-state index contributed by atoms with van der Waals surface area (Å²) in [7, 11) is 0. The molecule has 0 saturated heterocycles. The molecule has 2 nitrogen and oxygen atoms in total. The van der Waals surface area contributed by atoms with E-state index in [4.69, 9.17) is 5.73 Å². The van der Waals surface area contributed by atoms with Gasteiger partial charge in [0.05, 0.1) is 0 Å². The van der Waals surface area contributed by atoms with E-state index in [1.54, 1.807) is 0 Å². The number of hydrogen-bond donors (Lipinski definition) is 2. The monoisotopic (exact) mass is 186 g/mol. The molecule has 72 valence electrons. The van der Waals surface area contributed by atoms with Crippen LogP contribution < -0.4 is 5.73 Å². The van der Waals surface area contributed by atoms with Gasteiger partial charge in [-0.15, -0.1) is 0 Å². The molecule has 0 fully saturated rings. The highest BCUT2D eigenvalue weighted by Gasteiger charge is 2.01. The van der Waals surface area contributed by atoms with E-state index >= 15 is 0 Å². The van der Waals surface area contributed by atoms with Crippen molar-refractivity contribution in [3.63, 3.8) is 0 Å². The molecular weight excluding hydrogens is 172 g/mol. The second-order valence-electron chi connectivity index (χ2n) is 3.40. The number of nitrogen functional groups attached to an aromatic ring is 1. The van der Waals surface area contributed by atoms with Crippen LogP contribution in [0, 0.1) is 0 Å². The van der Waals surface area contributed by atoms with Crippen molar-refractivity contribution in [3.8, 4) is 0 Å². The molecule has 1 aromatic carbocycles. The van der Waals surface area contributed by atoms with Gasteiger partial charge in [-0.1, -0.05) is 12.2 Å². The van der Waals surface area contributed by atoms with Gasteiger partial charge >= 0.3 is 0 Å². The van der Waals surface area contributed by atoms with Gasteiger partial charge in [-0.2, -0.15) is 0 Å². The Labute approximate surface area is 83.4 Å². The molecule has 3 N–H and O–H groups in total. The Morgan fingerprint density at radius 1 is 1.43 bits per heavy atom. The van der Waals surface area contributed by atoms with Crippen LogP contribution in [0.15, 0.2) is 36.5 Å². The van der Waals surface area contributed by atoms with Crippen molar-refractivity contribution in [3.05, 3.63) is 42.1 Å². The molecule has 0 aliphatic heterocycles.